The molecule has 86 valence electrons. The molecule has 1 aliphatic rings. The maximum atomic E-state index is 10.8. The molecule has 16 heavy (non-hydrogen) atoms. The Bertz CT molecular complexity index is 380. The van der Waals surface area contributed by atoms with Crippen molar-refractivity contribution in [1.82, 2.24) is 9.97 Å². The Labute approximate surface area is 98.2 Å². The Morgan fingerprint density at radius 1 is 1.62 bits per heavy atom. The van der Waals surface area contributed by atoms with E-state index in [1.165, 1.54) is 6.33 Å². The second kappa shape index (κ2) is 5.23. The summed E-state index contributed by atoms with van der Waals surface area (Å²) in [4.78, 5) is 18.6. The number of carbonyl (C=O) groups is 1. The number of aldehydes is 1. The van der Waals surface area contributed by atoms with E-state index in [0.29, 0.717) is 23.6 Å². The van der Waals surface area contributed by atoms with Gasteiger partial charge in [-0.3, -0.25) is 4.79 Å². The standard InChI is InChI=1S/C10H12ClN3O2/c11-9-8(4-15)10(14-6-13-9)12-3-7-1-2-16-5-7/h4,6-7H,1-3,5H2,(H,12,13,14). The monoisotopic (exact) mass is 241 g/mol. The predicted molar refractivity (Wildman–Crippen MR) is 59.8 cm³/mol. The molecule has 6 heteroatoms. The van der Waals surface area contributed by atoms with Gasteiger partial charge in [-0.1, -0.05) is 11.6 Å². The SMILES string of the molecule is O=Cc1c(Cl)ncnc1NCC1CCOC1. The van der Waals surface area contributed by atoms with E-state index in [4.69, 9.17) is 16.3 Å². The zero-order valence-corrected chi connectivity index (χ0v) is 9.41. The Kier molecular flexibility index (Phi) is 3.69. The molecular weight excluding hydrogens is 230 g/mol. The molecule has 0 amide bonds. The van der Waals surface area contributed by atoms with Crippen molar-refractivity contribution in [3.63, 3.8) is 0 Å². The average molecular weight is 242 g/mol. The first-order valence-electron chi connectivity index (χ1n) is 5.08. The van der Waals surface area contributed by atoms with Crippen LogP contribution in [-0.4, -0.2) is 36.0 Å². The fourth-order valence-electron chi connectivity index (χ4n) is 1.60. The molecule has 1 fully saturated rings. The van der Waals surface area contributed by atoms with Crippen molar-refractivity contribution in [3.8, 4) is 0 Å². The molecule has 0 aliphatic carbocycles. The van der Waals surface area contributed by atoms with Crippen LogP contribution in [-0.2, 0) is 4.74 Å². The molecule has 1 atom stereocenters. The number of anilines is 1. The van der Waals surface area contributed by atoms with Crippen LogP contribution in [0.5, 0.6) is 0 Å². The quantitative estimate of drug-likeness (QED) is 0.638. The van der Waals surface area contributed by atoms with E-state index < -0.39 is 0 Å². The van der Waals surface area contributed by atoms with Gasteiger partial charge >= 0.3 is 0 Å². The van der Waals surface area contributed by atoms with Gasteiger partial charge in [-0.2, -0.15) is 0 Å². The number of carbonyl (C=O) groups excluding carboxylic acids is 1. The smallest absolute Gasteiger partial charge is 0.156 e. The highest BCUT2D eigenvalue weighted by Gasteiger charge is 2.16. The summed E-state index contributed by atoms with van der Waals surface area (Å²) in [6.07, 6.45) is 3.03. The highest BCUT2D eigenvalue weighted by molar-refractivity contribution is 6.32. The molecule has 0 saturated carbocycles. The second-order valence-corrected chi connectivity index (χ2v) is 4.01. The summed E-state index contributed by atoms with van der Waals surface area (Å²) in [5.41, 5.74) is 0.308. The zero-order chi connectivity index (χ0) is 11.4. The molecule has 1 N–H and O–H groups in total. The summed E-state index contributed by atoms with van der Waals surface area (Å²) in [5, 5.41) is 3.28. The third kappa shape index (κ3) is 2.48. The number of hydrogen-bond acceptors (Lipinski definition) is 5. The average Bonchev–Trinajstić information content (AvgIpc) is 2.79. The lowest BCUT2D eigenvalue weighted by Gasteiger charge is -2.11. The number of nitrogens with zero attached hydrogens (tertiary/aromatic N) is 2. The van der Waals surface area contributed by atoms with Crippen LogP contribution in [0.2, 0.25) is 5.15 Å². The first-order chi connectivity index (χ1) is 7.81. The van der Waals surface area contributed by atoms with Gasteiger partial charge in [0.05, 0.1) is 12.2 Å². The summed E-state index contributed by atoms with van der Waals surface area (Å²) in [6, 6.07) is 0. The van der Waals surface area contributed by atoms with E-state index in [1.807, 2.05) is 0 Å². The highest BCUT2D eigenvalue weighted by atomic mass is 35.5. The maximum Gasteiger partial charge on any atom is 0.156 e. The van der Waals surface area contributed by atoms with Crippen molar-refractivity contribution in [2.75, 3.05) is 25.1 Å². The molecule has 1 aromatic heterocycles. The molecule has 1 unspecified atom stereocenters. The molecule has 2 rings (SSSR count). The lowest BCUT2D eigenvalue weighted by molar-refractivity contribution is 0.112. The molecule has 2 heterocycles. The van der Waals surface area contributed by atoms with Crippen LogP contribution in [0.4, 0.5) is 5.82 Å². The lowest BCUT2D eigenvalue weighted by Crippen LogP contribution is -2.16. The lowest BCUT2D eigenvalue weighted by atomic mass is 10.1. The van der Waals surface area contributed by atoms with Crippen LogP contribution >= 0.6 is 11.6 Å². The summed E-state index contributed by atoms with van der Waals surface area (Å²) in [6.45, 7) is 2.29. The number of rotatable bonds is 4. The van der Waals surface area contributed by atoms with Gasteiger partial charge in [0, 0.05) is 19.1 Å². The van der Waals surface area contributed by atoms with Crippen LogP contribution in [0.1, 0.15) is 16.8 Å². The number of ether oxygens (including phenoxy) is 1. The Hall–Kier alpha value is -1.20. The minimum absolute atomic E-state index is 0.176. The van der Waals surface area contributed by atoms with Crippen LogP contribution < -0.4 is 5.32 Å². The van der Waals surface area contributed by atoms with E-state index in [2.05, 4.69) is 15.3 Å². The zero-order valence-electron chi connectivity index (χ0n) is 8.65. The topological polar surface area (TPSA) is 64.1 Å². The fraction of sp³-hybridized carbons (Fsp3) is 0.500. The van der Waals surface area contributed by atoms with E-state index in [1.54, 1.807) is 0 Å². The highest BCUT2D eigenvalue weighted by Crippen LogP contribution is 2.19. The van der Waals surface area contributed by atoms with Gasteiger partial charge in [-0.05, 0) is 6.42 Å². The largest absolute Gasteiger partial charge is 0.381 e. The van der Waals surface area contributed by atoms with Gasteiger partial charge in [0.2, 0.25) is 0 Å². The molecule has 0 radical (unpaired) electrons. The van der Waals surface area contributed by atoms with Crippen LogP contribution in [0, 0.1) is 5.92 Å². The number of hydrogen-bond donors (Lipinski definition) is 1. The van der Waals surface area contributed by atoms with Gasteiger partial charge < -0.3 is 10.1 Å². The van der Waals surface area contributed by atoms with Gasteiger partial charge in [0.25, 0.3) is 0 Å². The summed E-state index contributed by atoms with van der Waals surface area (Å²) >= 11 is 5.78. The molecule has 1 aromatic rings. The van der Waals surface area contributed by atoms with Gasteiger partial charge in [0.15, 0.2) is 6.29 Å². The van der Waals surface area contributed by atoms with Gasteiger partial charge in [-0.15, -0.1) is 0 Å². The number of nitrogens with one attached hydrogen (secondary N) is 1. The van der Waals surface area contributed by atoms with Gasteiger partial charge in [0.1, 0.15) is 17.3 Å². The third-order valence-corrected chi connectivity index (χ3v) is 2.84. The summed E-state index contributed by atoms with van der Waals surface area (Å²) in [5.74, 6) is 0.954. The van der Waals surface area contributed by atoms with Crippen molar-refractivity contribution in [1.29, 1.82) is 0 Å². The molecule has 1 saturated heterocycles. The van der Waals surface area contributed by atoms with Crippen LogP contribution in [0.3, 0.4) is 0 Å². The maximum absolute atomic E-state index is 10.8. The second-order valence-electron chi connectivity index (χ2n) is 3.66. The molecule has 0 spiro atoms. The first kappa shape index (κ1) is 11.3. The normalized spacial score (nSPS) is 19.7. The third-order valence-electron chi connectivity index (χ3n) is 2.54. The Morgan fingerprint density at radius 3 is 3.19 bits per heavy atom. The summed E-state index contributed by atoms with van der Waals surface area (Å²) in [7, 11) is 0. The minimum atomic E-state index is 0.176. The fourth-order valence-corrected chi connectivity index (χ4v) is 1.78. The molecular formula is C10H12ClN3O2. The van der Waals surface area contributed by atoms with Crippen molar-refractivity contribution in [2.24, 2.45) is 5.92 Å². The van der Waals surface area contributed by atoms with Crippen molar-refractivity contribution >= 4 is 23.7 Å². The number of halogens is 1. The van der Waals surface area contributed by atoms with Crippen LogP contribution in [0.25, 0.3) is 0 Å². The molecule has 1 aliphatic heterocycles. The van der Waals surface area contributed by atoms with Crippen molar-refractivity contribution in [3.05, 3.63) is 17.0 Å². The Morgan fingerprint density at radius 2 is 2.50 bits per heavy atom. The minimum Gasteiger partial charge on any atom is -0.381 e. The molecule has 5 nitrogen and oxygen atoms in total. The van der Waals surface area contributed by atoms with Crippen molar-refractivity contribution in [2.45, 2.75) is 6.42 Å². The summed E-state index contributed by atoms with van der Waals surface area (Å²) < 4.78 is 5.26. The Balaban J connectivity index is 2.02. The predicted octanol–water partition coefficient (Wildman–Crippen LogP) is 1.39. The van der Waals surface area contributed by atoms with E-state index in [9.17, 15) is 4.79 Å². The first-order valence-corrected chi connectivity index (χ1v) is 5.46. The van der Waals surface area contributed by atoms with E-state index in [-0.39, 0.29) is 5.15 Å². The van der Waals surface area contributed by atoms with Crippen LogP contribution in [0.15, 0.2) is 6.33 Å². The number of aromatic nitrogens is 2. The van der Waals surface area contributed by atoms with Crippen molar-refractivity contribution < 1.29 is 9.53 Å². The molecule has 0 aromatic carbocycles. The van der Waals surface area contributed by atoms with Gasteiger partial charge in [-0.25, -0.2) is 9.97 Å². The van der Waals surface area contributed by atoms with E-state index in [0.717, 1.165) is 26.2 Å². The van der Waals surface area contributed by atoms with E-state index >= 15 is 0 Å². The molecule has 0 bridgehead atoms.